The molecule has 0 spiro atoms. The Bertz CT molecular complexity index is 812. The summed E-state index contributed by atoms with van der Waals surface area (Å²) in [6.07, 6.45) is 3.32. The number of rotatable bonds is 6. The second-order valence-electron chi connectivity index (χ2n) is 6.93. The average molecular weight is 507 g/mol. The number of carbonyl (C=O) groups is 1. The number of nitrogens with one attached hydrogen (secondary N) is 2. The number of halogens is 1. The van der Waals surface area contributed by atoms with E-state index in [1.54, 1.807) is 0 Å². The maximum atomic E-state index is 11.9. The van der Waals surface area contributed by atoms with Gasteiger partial charge >= 0.3 is 0 Å². The molecule has 1 unspecified atom stereocenters. The molecular formula is C22H30IN5O. The molecule has 1 amide bonds. The van der Waals surface area contributed by atoms with Crippen LogP contribution in [-0.2, 0) is 11.3 Å². The third-order valence-electron chi connectivity index (χ3n) is 4.84. The lowest BCUT2D eigenvalue weighted by atomic mass is 10.1. The van der Waals surface area contributed by atoms with Crippen molar-refractivity contribution in [2.24, 2.45) is 4.99 Å². The molecule has 0 aliphatic carbocycles. The van der Waals surface area contributed by atoms with E-state index in [4.69, 9.17) is 4.99 Å². The molecular weight excluding hydrogens is 477 g/mol. The van der Waals surface area contributed by atoms with Gasteiger partial charge in [-0.15, -0.1) is 24.0 Å². The lowest BCUT2D eigenvalue weighted by Crippen LogP contribution is -2.45. The number of benzene rings is 1. The molecule has 0 saturated carbocycles. The summed E-state index contributed by atoms with van der Waals surface area (Å²) < 4.78 is 0. The number of likely N-dealkylation sites (tertiary alicyclic amines) is 1. The van der Waals surface area contributed by atoms with Crippen molar-refractivity contribution in [3.05, 3.63) is 54.2 Å². The number of pyridine rings is 1. The Hall–Kier alpha value is -2.16. The molecule has 2 N–H and O–H groups in total. The van der Waals surface area contributed by atoms with E-state index in [-0.39, 0.29) is 35.9 Å². The standard InChI is InChI=1S/C22H29N5O.HI/c1-3-21(28)27-13-11-19(16-27)26-22(23-4-2)25-15-17-8-7-9-18(14-17)20-10-5-6-12-24-20;/h5-10,12,14,19H,3-4,11,13,15-16H2,1-2H3,(H2,23,25,26);1H. The number of nitrogens with zero attached hydrogens (tertiary/aromatic N) is 3. The van der Waals surface area contributed by atoms with Gasteiger partial charge in [-0.1, -0.05) is 31.2 Å². The van der Waals surface area contributed by atoms with E-state index in [1.165, 1.54) is 0 Å². The molecule has 1 saturated heterocycles. The van der Waals surface area contributed by atoms with Crippen molar-refractivity contribution in [2.45, 2.75) is 39.3 Å². The van der Waals surface area contributed by atoms with Gasteiger partial charge in [0.25, 0.3) is 0 Å². The molecule has 1 aromatic heterocycles. The molecule has 29 heavy (non-hydrogen) atoms. The Labute approximate surface area is 190 Å². The van der Waals surface area contributed by atoms with Crippen LogP contribution in [0.4, 0.5) is 0 Å². The Kier molecular flexibility index (Phi) is 9.37. The van der Waals surface area contributed by atoms with Crippen LogP contribution in [0.15, 0.2) is 53.7 Å². The van der Waals surface area contributed by atoms with Crippen molar-refractivity contribution in [2.75, 3.05) is 19.6 Å². The number of amides is 1. The van der Waals surface area contributed by atoms with Crippen molar-refractivity contribution >= 4 is 35.8 Å². The van der Waals surface area contributed by atoms with Crippen molar-refractivity contribution in [1.29, 1.82) is 0 Å². The van der Waals surface area contributed by atoms with Crippen molar-refractivity contribution in [1.82, 2.24) is 20.5 Å². The lowest BCUT2D eigenvalue weighted by molar-refractivity contribution is -0.129. The molecule has 1 aliphatic heterocycles. The zero-order valence-corrected chi connectivity index (χ0v) is 19.4. The summed E-state index contributed by atoms with van der Waals surface area (Å²) >= 11 is 0. The van der Waals surface area contributed by atoms with Gasteiger partial charge in [-0.3, -0.25) is 9.78 Å². The molecule has 1 fully saturated rings. The van der Waals surface area contributed by atoms with Crippen LogP contribution in [0.1, 0.15) is 32.3 Å². The second kappa shape index (κ2) is 11.7. The minimum absolute atomic E-state index is 0. The smallest absolute Gasteiger partial charge is 0.222 e. The third-order valence-corrected chi connectivity index (χ3v) is 4.84. The van der Waals surface area contributed by atoms with E-state index in [2.05, 4.69) is 40.7 Å². The lowest BCUT2D eigenvalue weighted by Gasteiger charge is -2.18. The van der Waals surface area contributed by atoms with Crippen LogP contribution in [0.5, 0.6) is 0 Å². The number of aromatic nitrogens is 1. The summed E-state index contributed by atoms with van der Waals surface area (Å²) in [6, 6.07) is 14.5. The Morgan fingerprint density at radius 2 is 2.10 bits per heavy atom. The molecule has 6 nitrogen and oxygen atoms in total. The van der Waals surface area contributed by atoms with Gasteiger partial charge in [0.1, 0.15) is 0 Å². The molecule has 156 valence electrons. The van der Waals surface area contributed by atoms with Gasteiger partial charge < -0.3 is 15.5 Å². The number of hydrogen-bond donors (Lipinski definition) is 2. The van der Waals surface area contributed by atoms with Gasteiger partial charge in [-0.25, -0.2) is 4.99 Å². The second-order valence-corrected chi connectivity index (χ2v) is 6.93. The molecule has 0 radical (unpaired) electrons. The van der Waals surface area contributed by atoms with Crippen LogP contribution in [0, 0.1) is 0 Å². The first-order valence-electron chi connectivity index (χ1n) is 10.0. The van der Waals surface area contributed by atoms with E-state index < -0.39 is 0 Å². The number of carbonyl (C=O) groups excluding carboxylic acids is 1. The predicted molar refractivity (Wildman–Crippen MR) is 128 cm³/mol. The van der Waals surface area contributed by atoms with Gasteiger partial charge in [-0.05, 0) is 37.1 Å². The van der Waals surface area contributed by atoms with Crippen LogP contribution in [0.25, 0.3) is 11.3 Å². The first-order chi connectivity index (χ1) is 13.7. The van der Waals surface area contributed by atoms with E-state index in [9.17, 15) is 4.79 Å². The molecule has 0 bridgehead atoms. The summed E-state index contributed by atoms with van der Waals surface area (Å²) in [7, 11) is 0. The highest BCUT2D eigenvalue weighted by Crippen LogP contribution is 2.18. The largest absolute Gasteiger partial charge is 0.357 e. The highest BCUT2D eigenvalue weighted by molar-refractivity contribution is 14.0. The molecule has 7 heteroatoms. The number of guanidine groups is 1. The van der Waals surface area contributed by atoms with Gasteiger partial charge in [0.15, 0.2) is 5.96 Å². The normalized spacial score (nSPS) is 16.3. The minimum atomic E-state index is 0. The van der Waals surface area contributed by atoms with Gasteiger partial charge in [0.05, 0.1) is 12.2 Å². The third kappa shape index (κ3) is 6.69. The zero-order valence-electron chi connectivity index (χ0n) is 17.1. The number of hydrogen-bond acceptors (Lipinski definition) is 3. The van der Waals surface area contributed by atoms with Crippen molar-refractivity contribution in [3.63, 3.8) is 0 Å². The number of aliphatic imine (C=N–C) groups is 1. The van der Waals surface area contributed by atoms with Crippen LogP contribution < -0.4 is 10.6 Å². The predicted octanol–water partition coefficient (Wildman–Crippen LogP) is 3.43. The maximum Gasteiger partial charge on any atom is 0.222 e. The fourth-order valence-corrected chi connectivity index (χ4v) is 3.37. The SMILES string of the molecule is CCNC(=NCc1cccc(-c2ccccn2)c1)NC1CCN(C(=O)CC)C1.I. The summed E-state index contributed by atoms with van der Waals surface area (Å²) in [4.78, 5) is 23.0. The van der Waals surface area contributed by atoms with Crippen LogP contribution in [0.2, 0.25) is 0 Å². The Morgan fingerprint density at radius 1 is 1.24 bits per heavy atom. The minimum Gasteiger partial charge on any atom is -0.357 e. The maximum absolute atomic E-state index is 11.9. The van der Waals surface area contributed by atoms with Crippen LogP contribution in [0.3, 0.4) is 0 Å². The summed E-state index contributed by atoms with van der Waals surface area (Å²) in [5, 5.41) is 6.78. The average Bonchev–Trinajstić information content (AvgIpc) is 3.21. The first kappa shape index (κ1) is 23.1. The molecule has 3 rings (SSSR count). The highest BCUT2D eigenvalue weighted by Gasteiger charge is 2.25. The summed E-state index contributed by atoms with van der Waals surface area (Å²) in [6.45, 7) is 6.90. The molecule has 2 aromatic rings. The van der Waals surface area contributed by atoms with E-state index in [1.807, 2.05) is 42.3 Å². The van der Waals surface area contributed by atoms with E-state index >= 15 is 0 Å². The Morgan fingerprint density at radius 3 is 2.83 bits per heavy atom. The van der Waals surface area contributed by atoms with Gasteiger partial charge in [0.2, 0.25) is 5.91 Å². The molecule has 1 atom stereocenters. The molecule has 1 aliphatic rings. The molecule has 1 aromatic carbocycles. The van der Waals surface area contributed by atoms with Crippen LogP contribution in [-0.4, -0.2) is 47.4 Å². The monoisotopic (exact) mass is 507 g/mol. The Balaban J connectivity index is 0.00000300. The van der Waals surface area contributed by atoms with E-state index in [0.717, 1.165) is 48.8 Å². The van der Waals surface area contributed by atoms with Gasteiger partial charge in [0, 0.05) is 43.9 Å². The van der Waals surface area contributed by atoms with Crippen molar-refractivity contribution in [3.8, 4) is 11.3 Å². The van der Waals surface area contributed by atoms with Crippen molar-refractivity contribution < 1.29 is 4.79 Å². The van der Waals surface area contributed by atoms with E-state index in [0.29, 0.717) is 13.0 Å². The van der Waals surface area contributed by atoms with Crippen LogP contribution >= 0.6 is 24.0 Å². The highest BCUT2D eigenvalue weighted by atomic mass is 127. The fourth-order valence-electron chi connectivity index (χ4n) is 3.37. The topological polar surface area (TPSA) is 69.6 Å². The zero-order chi connectivity index (χ0) is 19.8. The summed E-state index contributed by atoms with van der Waals surface area (Å²) in [5.74, 6) is 1.01. The molecule has 2 heterocycles. The van der Waals surface area contributed by atoms with Gasteiger partial charge in [-0.2, -0.15) is 0 Å². The summed E-state index contributed by atoms with van der Waals surface area (Å²) in [5.41, 5.74) is 3.19. The first-order valence-corrected chi connectivity index (χ1v) is 10.0. The fraction of sp³-hybridized carbons (Fsp3) is 0.409. The quantitative estimate of drug-likeness (QED) is 0.357.